The van der Waals surface area contributed by atoms with Crippen LogP contribution >= 0.6 is 0 Å². The first-order chi connectivity index (χ1) is 9.99. The van der Waals surface area contributed by atoms with Crippen molar-refractivity contribution in [3.8, 4) is 0 Å². The number of hydrogen-bond acceptors (Lipinski definition) is 2. The average molecular weight is 288 g/mol. The van der Waals surface area contributed by atoms with Crippen molar-refractivity contribution >= 4 is 17.5 Å². The molecule has 1 aromatic carbocycles. The van der Waals surface area contributed by atoms with Gasteiger partial charge >= 0.3 is 0 Å². The number of carbonyl (C=O) groups is 2. The van der Waals surface area contributed by atoms with Gasteiger partial charge in [-0.1, -0.05) is 31.0 Å². The summed E-state index contributed by atoms with van der Waals surface area (Å²) in [6.07, 6.45) is 4.17. The van der Waals surface area contributed by atoms with Crippen LogP contribution in [0, 0.1) is 19.8 Å². The molecule has 0 bridgehead atoms. The Morgan fingerprint density at radius 2 is 1.76 bits per heavy atom. The first kappa shape index (κ1) is 15.5. The van der Waals surface area contributed by atoms with Gasteiger partial charge in [-0.05, 0) is 37.8 Å². The Labute approximate surface area is 126 Å². The van der Waals surface area contributed by atoms with Gasteiger partial charge in [0.2, 0.25) is 11.8 Å². The van der Waals surface area contributed by atoms with E-state index in [-0.39, 0.29) is 24.3 Å². The maximum Gasteiger partial charge on any atom is 0.243 e. The summed E-state index contributed by atoms with van der Waals surface area (Å²) in [6.45, 7) is 4.05. The fraction of sp³-hybridized carbons (Fsp3) is 0.529. The number of carbonyl (C=O) groups excluding carboxylic acids is 2. The molecule has 4 nitrogen and oxygen atoms in total. The quantitative estimate of drug-likeness (QED) is 0.926. The molecule has 0 radical (unpaired) electrons. The van der Waals surface area contributed by atoms with Gasteiger partial charge in [-0.3, -0.25) is 9.59 Å². The summed E-state index contributed by atoms with van der Waals surface area (Å²) in [6, 6.07) is 5.90. The lowest BCUT2D eigenvalue weighted by Gasteiger charge is -2.21. The minimum Gasteiger partial charge on any atom is -0.336 e. The van der Waals surface area contributed by atoms with Crippen LogP contribution in [0.15, 0.2) is 18.2 Å². The van der Waals surface area contributed by atoms with Crippen LogP contribution in [0.5, 0.6) is 0 Å². The van der Waals surface area contributed by atoms with Gasteiger partial charge in [0, 0.05) is 18.7 Å². The fourth-order valence-electron chi connectivity index (χ4n) is 2.97. The van der Waals surface area contributed by atoms with Crippen molar-refractivity contribution in [2.75, 3.05) is 18.9 Å². The van der Waals surface area contributed by atoms with E-state index in [2.05, 4.69) is 5.32 Å². The van der Waals surface area contributed by atoms with E-state index in [0.29, 0.717) is 0 Å². The van der Waals surface area contributed by atoms with Crippen LogP contribution in [0.25, 0.3) is 0 Å². The summed E-state index contributed by atoms with van der Waals surface area (Å²) in [5, 5.41) is 2.92. The second-order valence-electron chi connectivity index (χ2n) is 5.99. The number of nitrogens with one attached hydrogen (secondary N) is 1. The second-order valence-corrected chi connectivity index (χ2v) is 5.99. The predicted octanol–water partition coefficient (Wildman–Crippen LogP) is 2.89. The highest BCUT2D eigenvalue weighted by Gasteiger charge is 2.26. The Balaban J connectivity index is 1.93. The molecule has 2 amide bonds. The first-order valence-electron chi connectivity index (χ1n) is 7.60. The largest absolute Gasteiger partial charge is 0.336 e. The van der Waals surface area contributed by atoms with Crippen LogP contribution in [0.2, 0.25) is 0 Å². The Morgan fingerprint density at radius 3 is 2.33 bits per heavy atom. The molecule has 4 heteroatoms. The number of rotatable bonds is 4. The molecule has 0 aromatic heterocycles. The molecule has 21 heavy (non-hydrogen) atoms. The van der Waals surface area contributed by atoms with E-state index in [1.54, 1.807) is 11.9 Å². The molecule has 114 valence electrons. The smallest absolute Gasteiger partial charge is 0.243 e. The van der Waals surface area contributed by atoms with Crippen molar-refractivity contribution in [2.45, 2.75) is 39.5 Å². The molecular weight excluding hydrogens is 264 g/mol. The Kier molecular flexibility index (Phi) is 4.99. The number of para-hydroxylation sites is 1. The Hall–Kier alpha value is -1.84. The highest BCUT2D eigenvalue weighted by Crippen LogP contribution is 2.26. The van der Waals surface area contributed by atoms with E-state index in [1.807, 2.05) is 32.0 Å². The summed E-state index contributed by atoms with van der Waals surface area (Å²) >= 11 is 0. The van der Waals surface area contributed by atoms with Crippen LogP contribution < -0.4 is 5.32 Å². The third-order valence-corrected chi connectivity index (χ3v) is 4.21. The lowest BCUT2D eigenvalue weighted by atomic mass is 10.1. The maximum absolute atomic E-state index is 12.2. The topological polar surface area (TPSA) is 49.4 Å². The second kappa shape index (κ2) is 6.74. The van der Waals surface area contributed by atoms with E-state index in [9.17, 15) is 9.59 Å². The van der Waals surface area contributed by atoms with Crippen LogP contribution in [-0.4, -0.2) is 30.3 Å². The van der Waals surface area contributed by atoms with Gasteiger partial charge in [-0.2, -0.15) is 0 Å². The average Bonchev–Trinajstić information content (AvgIpc) is 2.96. The van der Waals surface area contributed by atoms with Crippen molar-refractivity contribution in [1.29, 1.82) is 0 Å². The third-order valence-electron chi connectivity index (χ3n) is 4.21. The Bertz CT molecular complexity index is 513. The predicted molar refractivity (Wildman–Crippen MR) is 84.1 cm³/mol. The van der Waals surface area contributed by atoms with Gasteiger partial charge in [-0.25, -0.2) is 0 Å². The van der Waals surface area contributed by atoms with Gasteiger partial charge in [0.25, 0.3) is 0 Å². The fourth-order valence-corrected chi connectivity index (χ4v) is 2.97. The molecule has 1 N–H and O–H groups in total. The molecule has 1 aliphatic carbocycles. The van der Waals surface area contributed by atoms with Crippen molar-refractivity contribution in [3.05, 3.63) is 29.3 Å². The van der Waals surface area contributed by atoms with E-state index in [4.69, 9.17) is 0 Å². The maximum atomic E-state index is 12.2. The number of nitrogens with zero attached hydrogens (tertiary/aromatic N) is 1. The number of anilines is 1. The molecule has 1 saturated carbocycles. The summed E-state index contributed by atoms with van der Waals surface area (Å²) in [5.41, 5.74) is 2.92. The number of likely N-dealkylation sites (N-methyl/N-ethyl adjacent to an activating group) is 1. The number of aryl methyl sites for hydroxylation is 2. The van der Waals surface area contributed by atoms with E-state index in [0.717, 1.165) is 42.5 Å². The van der Waals surface area contributed by atoms with Gasteiger partial charge in [0.05, 0.1) is 6.54 Å². The van der Waals surface area contributed by atoms with Gasteiger partial charge in [0.1, 0.15) is 0 Å². The zero-order valence-electron chi connectivity index (χ0n) is 13.1. The first-order valence-corrected chi connectivity index (χ1v) is 7.60. The Morgan fingerprint density at radius 1 is 1.19 bits per heavy atom. The molecule has 0 unspecified atom stereocenters. The van der Waals surface area contributed by atoms with Crippen molar-refractivity contribution in [3.63, 3.8) is 0 Å². The monoisotopic (exact) mass is 288 g/mol. The molecule has 0 aliphatic heterocycles. The van der Waals surface area contributed by atoms with Crippen LogP contribution in [0.4, 0.5) is 5.69 Å². The molecule has 0 atom stereocenters. The normalized spacial score (nSPS) is 15.0. The lowest BCUT2D eigenvalue weighted by Crippen LogP contribution is -2.38. The zero-order valence-corrected chi connectivity index (χ0v) is 13.1. The van der Waals surface area contributed by atoms with E-state index < -0.39 is 0 Å². The van der Waals surface area contributed by atoms with E-state index in [1.165, 1.54) is 0 Å². The minimum absolute atomic E-state index is 0.101. The third kappa shape index (κ3) is 3.84. The SMILES string of the molecule is Cc1cccc(C)c1NC(=O)CN(C)C(=O)C1CCCC1. The number of benzene rings is 1. The van der Waals surface area contributed by atoms with Gasteiger partial charge in [-0.15, -0.1) is 0 Å². The lowest BCUT2D eigenvalue weighted by molar-refractivity contribution is -0.136. The minimum atomic E-state index is -0.138. The number of hydrogen-bond donors (Lipinski definition) is 1. The molecule has 0 spiro atoms. The summed E-state index contributed by atoms with van der Waals surface area (Å²) in [4.78, 5) is 25.9. The van der Waals surface area contributed by atoms with Crippen molar-refractivity contribution < 1.29 is 9.59 Å². The molecule has 0 heterocycles. The molecule has 1 aliphatic rings. The summed E-state index contributed by atoms with van der Waals surface area (Å²) in [5.74, 6) is 0.0772. The molecule has 1 fully saturated rings. The van der Waals surface area contributed by atoms with Crippen molar-refractivity contribution in [1.82, 2.24) is 4.90 Å². The van der Waals surface area contributed by atoms with Crippen LogP contribution in [0.1, 0.15) is 36.8 Å². The van der Waals surface area contributed by atoms with Crippen LogP contribution in [-0.2, 0) is 9.59 Å². The molecule has 2 rings (SSSR count). The molecule has 1 aromatic rings. The van der Waals surface area contributed by atoms with Crippen LogP contribution in [0.3, 0.4) is 0 Å². The molecular formula is C17H24N2O2. The molecule has 0 saturated heterocycles. The van der Waals surface area contributed by atoms with Gasteiger partial charge < -0.3 is 10.2 Å². The standard InChI is InChI=1S/C17H24N2O2/c1-12-7-6-8-13(2)16(12)18-15(20)11-19(3)17(21)14-9-4-5-10-14/h6-8,14H,4-5,9-11H2,1-3H3,(H,18,20). The van der Waals surface area contributed by atoms with Crippen molar-refractivity contribution in [2.24, 2.45) is 5.92 Å². The summed E-state index contributed by atoms with van der Waals surface area (Å²) in [7, 11) is 1.71. The van der Waals surface area contributed by atoms with E-state index >= 15 is 0 Å². The highest BCUT2D eigenvalue weighted by atomic mass is 16.2. The summed E-state index contributed by atoms with van der Waals surface area (Å²) < 4.78 is 0. The highest BCUT2D eigenvalue weighted by molar-refractivity contribution is 5.95. The zero-order chi connectivity index (χ0) is 15.4. The van der Waals surface area contributed by atoms with Gasteiger partial charge in [0.15, 0.2) is 0 Å². The number of amides is 2.